The van der Waals surface area contributed by atoms with Crippen LogP contribution < -0.4 is 0 Å². The topological polar surface area (TPSA) is 28.0 Å². The zero-order valence-corrected chi connectivity index (χ0v) is 8.62. The number of hydrazone groups is 1. The fraction of sp³-hybridized carbons (Fsp3) is 0.400. The Bertz CT molecular complexity index is 239. The lowest BCUT2D eigenvalue weighted by atomic mass is 10.2. The molecule has 3 heteroatoms. The Morgan fingerprint density at radius 1 is 1.54 bits per heavy atom. The summed E-state index contributed by atoms with van der Waals surface area (Å²) in [5.41, 5.74) is 2.19. The smallest absolute Gasteiger partial charge is 0.0762 e. The third-order valence-corrected chi connectivity index (χ3v) is 1.83. The molecule has 0 aromatic heterocycles. The largest absolute Gasteiger partial charge is 0.268 e. The van der Waals surface area contributed by atoms with E-state index >= 15 is 0 Å². The second-order valence-electron chi connectivity index (χ2n) is 2.64. The molecule has 0 saturated heterocycles. The average molecular weight is 179 g/mol. The number of aliphatic imine (C=N–C) groups is 1. The quantitative estimate of drug-likeness (QED) is 0.470. The van der Waals surface area contributed by atoms with E-state index in [0.717, 1.165) is 12.1 Å². The summed E-state index contributed by atoms with van der Waals surface area (Å²) in [4.78, 5) is 3.96. The van der Waals surface area contributed by atoms with Crippen molar-refractivity contribution in [3.8, 4) is 0 Å². The first-order valence-corrected chi connectivity index (χ1v) is 4.21. The minimum Gasteiger partial charge on any atom is -0.268 e. The molecule has 0 N–H and O–H groups in total. The Kier molecular flexibility index (Phi) is 5.52. The van der Waals surface area contributed by atoms with Crippen LogP contribution >= 0.6 is 0 Å². The van der Waals surface area contributed by atoms with Crippen molar-refractivity contribution in [2.75, 3.05) is 7.05 Å². The average Bonchev–Trinajstić information content (AvgIpc) is 2.17. The SMILES string of the molecule is C=CN=C/C(=C(/C)CC)N(C)N=C. The number of allylic oxidation sites excluding steroid dienone is 2. The van der Waals surface area contributed by atoms with Crippen LogP contribution in [0.3, 0.4) is 0 Å². The van der Waals surface area contributed by atoms with Crippen molar-refractivity contribution in [2.24, 2.45) is 10.1 Å². The molecule has 0 aromatic carbocycles. The van der Waals surface area contributed by atoms with Crippen LogP contribution in [0.4, 0.5) is 0 Å². The lowest BCUT2D eigenvalue weighted by Gasteiger charge is -2.15. The van der Waals surface area contributed by atoms with Crippen LogP contribution in [0.1, 0.15) is 20.3 Å². The van der Waals surface area contributed by atoms with Gasteiger partial charge in [-0.05, 0) is 18.9 Å². The lowest BCUT2D eigenvalue weighted by Crippen LogP contribution is -2.12. The molecule has 72 valence electrons. The highest BCUT2D eigenvalue weighted by molar-refractivity contribution is 5.79. The Balaban J connectivity index is 4.84. The molecule has 0 aromatic rings. The fourth-order valence-electron chi connectivity index (χ4n) is 0.851. The van der Waals surface area contributed by atoms with Crippen molar-refractivity contribution in [2.45, 2.75) is 20.3 Å². The van der Waals surface area contributed by atoms with Gasteiger partial charge in [0.05, 0.1) is 11.9 Å². The summed E-state index contributed by atoms with van der Waals surface area (Å²) >= 11 is 0. The molecule has 0 rings (SSSR count). The van der Waals surface area contributed by atoms with Gasteiger partial charge in [-0.1, -0.05) is 13.5 Å². The van der Waals surface area contributed by atoms with Crippen molar-refractivity contribution in [3.63, 3.8) is 0 Å². The normalized spacial score (nSPS) is 12.5. The predicted molar refractivity (Wildman–Crippen MR) is 59.0 cm³/mol. The monoisotopic (exact) mass is 179 g/mol. The van der Waals surface area contributed by atoms with E-state index in [9.17, 15) is 0 Å². The van der Waals surface area contributed by atoms with Gasteiger partial charge in [0.2, 0.25) is 0 Å². The van der Waals surface area contributed by atoms with Crippen molar-refractivity contribution >= 4 is 12.9 Å². The first-order valence-electron chi connectivity index (χ1n) is 4.21. The van der Waals surface area contributed by atoms with Crippen LogP contribution in [0.25, 0.3) is 0 Å². The summed E-state index contributed by atoms with van der Waals surface area (Å²) in [6.45, 7) is 11.1. The summed E-state index contributed by atoms with van der Waals surface area (Å²) in [5.74, 6) is 0. The molecular formula is C10H17N3. The van der Waals surface area contributed by atoms with Gasteiger partial charge in [-0.3, -0.25) is 10.0 Å². The van der Waals surface area contributed by atoms with E-state index < -0.39 is 0 Å². The van der Waals surface area contributed by atoms with E-state index in [1.165, 1.54) is 11.8 Å². The number of rotatable bonds is 5. The number of nitrogens with zero attached hydrogens (tertiary/aromatic N) is 3. The molecule has 0 spiro atoms. The van der Waals surface area contributed by atoms with E-state index in [2.05, 4.69) is 30.3 Å². The van der Waals surface area contributed by atoms with Crippen molar-refractivity contribution in [1.82, 2.24) is 5.01 Å². The van der Waals surface area contributed by atoms with E-state index in [1.807, 2.05) is 14.0 Å². The molecule has 0 amide bonds. The van der Waals surface area contributed by atoms with Crippen molar-refractivity contribution < 1.29 is 0 Å². The molecule has 3 nitrogen and oxygen atoms in total. The van der Waals surface area contributed by atoms with Gasteiger partial charge in [0.15, 0.2) is 0 Å². The van der Waals surface area contributed by atoms with Gasteiger partial charge < -0.3 is 0 Å². The highest BCUT2D eigenvalue weighted by Gasteiger charge is 2.02. The van der Waals surface area contributed by atoms with E-state index in [1.54, 1.807) is 11.2 Å². The van der Waals surface area contributed by atoms with Gasteiger partial charge in [-0.2, -0.15) is 5.10 Å². The summed E-state index contributed by atoms with van der Waals surface area (Å²) in [5, 5.41) is 5.51. The van der Waals surface area contributed by atoms with Crippen molar-refractivity contribution in [1.29, 1.82) is 0 Å². The fourth-order valence-corrected chi connectivity index (χ4v) is 0.851. The second-order valence-corrected chi connectivity index (χ2v) is 2.64. The molecule has 0 aliphatic rings. The minimum atomic E-state index is 0.970. The molecule has 0 atom stereocenters. The van der Waals surface area contributed by atoms with Gasteiger partial charge in [0, 0.05) is 20.0 Å². The van der Waals surface area contributed by atoms with Gasteiger partial charge >= 0.3 is 0 Å². The number of hydrogen-bond acceptors (Lipinski definition) is 3. The molecule has 0 aliphatic carbocycles. The van der Waals surface area contributed by atoms with Gasteiger partial charge in [0.1, 0.15) is 0 Å². The molecule has 0 saturated carbocycles. The van der Waals surface area contributed by atoms with Crippen LogP contribution in [0, 0.1) is 0 Å². The third-order valence-electron chi connectivity index (χ3n) is 1.83. The highest BCUT2D eigenvalue weighted by Crippen LogP contribution is 2.09. The zero-order chi connectivity index (χ0) is 10.3. The first kappa shape index (κ1) is 11.6. The maximum Gasteiger partial charge on any atom is 0.0762 e. The van der Waals surface area contributed by atoms with Crippen LogP contribution in [-0.4, -0.2) is 25.0 Å². The Hall–Kier alpha value is -1.38. The van der Waals surface area contributed by atoms with Gasteiger partial charge in [-0.25, -0.2) is 0 Å². The van der Waals surface area contributed by atoms with Crippen LogP contribution in [-0.2, 0) is 0 Å². The Labute approximate surface area is 80.2 Å². The molecule has 0 heterocycles. The van der Waals surface area contributed by atoms with Gasteiger partial charge in [-0.15, -0.1) is 0 Å². The Morgan fingerprint density at radius 3 is 2.54 bits per heavy atom. The number of hydrogen-bond donors (Lipinski definition) is 0. The second kappa shape index (κ2) is 6.17. The van der Waals surface area contributed by atoms with Crippen LogP contribution in [0.2, 0.25) is 0 Å². The lowest BCUT2D eigenvalue weighted by molar-refractivity contribution is 0.469. The standard InChI is InChI=1S/C10H17N3/c1-6-9(3)10(8-12-7-2)13(5)11-4/h7-8H,2,4,6H2,1,3,5H3/b10-9+,12-8?. The maximum absolute atomic E-state index is 3.96. The summed E-state index contributed by atoms with van der Waals surface area (Å²) in [7, 11) is 1.84. The van der Waals surface area contributed by atoms with E-state index in [4.69, 9.17) is 0 Å². The minimum absolute atomic E-state index is 0.970. The first-order chi connectivity index (χ1) is 6.17. The molecule has 0 fully saturated rings. The van der Waals surface area contributed by atoms with Crippen LogP contribution in [0.15, 0.2) is 34.1 Å². The van der Waals surface area contributed by atoms with Crippen molar-refractivity contribution in [3.05, 3.63) is 24.0 Å². The molecule has 0 radical (unpaired) electrons. The van der Waals surface area contributed by atoms with Gasteiger partial charge in [0.25, 0.3) is 0 Å². The highest BCUT2D eigenvalue weighted by atomic mass is 15.4. The predicted octanol–water partition coefficient (Wildman–Crippen LogP) is 2.43. The third kappa shape index (κ3) is 3.69. The molecule has 0 unspecified atom stereocenters. The summed E-state index contributed by atoms with van der Waals surface area (Å²) in [6.07, 6.45) is 4.21. The molecule has 0 aliphatic heterocycles. The maximum atomic E-state index is 3.96. The molecule has 0 bridgehead atoms. The van der Waals surface area contributed by atoms with E-state index in [0.29, 0.717) is 0 Å². The van der Waals surface area contributed by atoms with E-state index in [-0.39, 0.29) is 0 Å². The molecular weight excluding hydrogens is 162 g/mol. The summed E-state index contributed by atoms with van der Waals surface area (Å²) in [6, 6.07) is 0. The van der Waals surface area contributed by atoms with Crippen LogP contribution in [0.5, 0.6) is 0 Å². The summed E-state index contributed by atoms with van der Waals surface area (Å²) < 4.78 is 0. The zero-order valence-electron chi connectivity index (χ0n) is 8.62. The Morgan fingerprint density at radius 2 is 2.15 bits per heavy atom. The molecule has 13 heavy (non-hydrogen) atoms.